The number of urea groups is 1. The number of ether oxygens (including phenoxy) is 2. The van der Waals surface area contributed by atoms with Gasteiger partial charge in [-0.3, -0.25) is 28.9 Å². The van der Waals surface area contributed by atoms with E-state index in [0.717, 1.165) is 24.3 Å². The van der Waals surface area contributed by atoms with E-state index in [1.54, 1.807) is 31.2 Å². The lowest BCUT2D eigenvalue weighted by atomic mass is 10.0. The van der Waals surface area contributed by atoms with Crippen LogP contribution in [0.1, 0.15) is 37.9 Å². The van der Waals surface area contributed by atoms with E-state index in [2.05, 4.69) is 10.6 Å². The van der Waals surface area contributed by atoms with Gasteiger partial charge in [-0.05, 0) is 30.2 Å². The van der Waals surface area contributed by atoms with E-state index in [9.17, 15) is 28.8 Å². The van der Waals surface area contributed by atoms with Crippen LogP contribution >= 0.6 is 0 Å². The Balaban J connectivity index is 1.91. The SMILES string of the molecule is CCN1CCN(C(=O)NC(C(=O)[N]Cc2ccccc2)c2ccc(OC(C)=O)c(OC(C)=O)c2)C(=O)C1=O. The number of imide groups is 1. The Labute approximate surface area is 218 Å². The average Bonchev–Trinajstić information content (AvgIpc) is 2.88. The number of hydrogen-bond acceptors (Lipinski definition) is 8. The Kier molecular flexibility index (Phi) is 9.14. The van der Waals surface area contributed by atoms with Crippen LogP contribution in [0.15, 0.2) is 48.5 Å². The number of amides is 5. The molecular weight excluding hydrogens is 496 g/mol. The maximum Gasteiger partial charge on any atom is 0.325 e. The van der Waals surface area contributed by atoms with Crippen LogP contribution in [0, 0.1) is 0 Å². The maximum atomic E-state index is 13.2. The second-order valence-corrected chi connectivity index (χ2v) is 8.26. The molecule has 1 heterocycles. The summed E-state index contributed by atoms with van der Waals surface area (Å²) in [5.41, 5.74) is 0.881. The van der Waals surface area contributed by atoms with Crippen molar-refractivity contribution < 1.29 is 38.2 Å². The highest BCUT2D eigenvalue weighted by molar-refractivity contribution is 6.38. The molecule has 1 fully saturated rings. The molecule has 5 amide bonds. The summed E-state index contributed by atoms with van der Waals surface area (Å²) in [5.74, 6) is -4.23. The van der Waals surface area contributed by atoms with Crippen LogP contribution in [-0.2, 0) is 30.5 Å². The lowest BCUT2D eigenvalue weighted by Gasteiger charge is -2.32. The Morgan fingerprint density at radius 3 is 2.21 bits per heavy atom. The van der Waals surface area contributed by atoms with Crippen LogP contribution in [0.4, 0.5) is 4.79 Å². The Hall–Kier alpha value is -4.74. The lowest BCUT2D eigenvalue weighted by molar-refractivity contribution is -0.153. The van der Waals surface area contributed by atoms with Crippen molar-refractivity contribution >= 4 is 35.7 Å². The number of carbonyl (C=O) groups is 6. The summed E-state index contributed by atoms with van der Waals surface area (Å²) < 4.78 is 10.2. The van der Waals surface area contributed by atoms with Crippen molar-refractivity contribution in [3.05, 3.63) is 59.7 Å². The minimum absolute atomic E-state index is 0.0149. The van der Waals surface area contributed by atoms with Gasteiger partial charge in [-0.2, -0.15) is 0 Å². The maximum absolute atomic E-state index is 13.2. The first-order valence-electron chi connectivity index (χ1n) is 11.8. The largest absolute Gasteiger partial charge is 0.423 e. The fraction of sp³-hybridized carbons (Fsp3) is 0.308. The molecule has 1 N–H and O–H groups in total. The summed E-state index contributed by atoms with van der Waals surface area (Å²) in [4.78, 5) is 76.2. The van der Waals surface area contributed by atoms with Crippen LogP contribution in [0.2, 0.25) is 0 Å². The van der Waals surface area contributed by atoms with Gasteiger partial charge < -0.3 is 19.7 Å². The van der Waals surface area contributed by atoms with Gasteiger partial charge >= 0.3 is 29.8 Å². The van der Waals surface area contributed by atoms with Gasteiger partial charge in [-0.15, -0.1) is 0 Å². The number of carbonyl (C=O) groups excluding carboxylic acids is 6. The van der Waals surface area contributed by atoms with E-state index in [-0.39, 0.29) is 36.7 Å². The number of esters is 2. The summed E-state index contributed by atoms with van der Waals surface area (Å²) in [6.45, 7) is 4.44. The monoisotopic (exact) mass is 523 g/mol. The van der Waals surface area contributed by atoms with E-state index in [1.807, 2.05) is 6.07 Å². The van der Waals surface area contributed by atoms with Crippen LogP contribution in [0.5, 0.6) is 11.5 Å². The molecule has 3 rings (SSSR count). The Bertz CT molecular complexity index is 1250. The Morgan fingerprint density at radius 1 is 0.921 bits per heavy atom. The van der Waals surface area contributed by atoms with E-state index in [0.29, 0.717) is 6.54 Å². The number of likely N-dealkylation sites (N-methyl/N-ethyl adjacent to an activating group) is 1. The molecule has 0 bridgehead atoms. The topological polar surface area (TPSA) is 153 Å². The molecule has 1 aliphatic rings. The molecule has 1 radical (unpaired) electrons. The predicted molar refractivity (Wildman–Crippen MR) is 132 cm³/mol. The third-order valence-electron chi connectivity index (χ3n) is 5.52. The first-order chi connectivity index (χ1) is 18.1. The van der Waals surface area contributed by atoms with E-state index < -0.39 is 41.7 Å². The molecule has 12 nitrogen and oxygen atoms in total. The molecule has 1 aliphatic heterocycles. The van der Waals surface area contributed by atoms with Gasteiger partial charge in [0.25, 0.3) is 5.91 Å². The molecule has 0 spiro atoms. The molecule has 2 aromatic carbocycles. The van der Waals surface area contributed by atoms with Gasteiger partial charge in [0.2, 0.25) is 0 Å². The second-order valence-electron chi connectivity index (χ2n) is 8.26. The lowest BCUT2D eigenvalue weighted by Crippen LogP contribution is -2.58. The van der Waals surface area contributed by atoms with Crippen molar-refractivity contribution in [1.82, 2.24) is 20.4 Å². The van der Waals surface area contributed by atoms with Crippen molar-refractivity contribution in [2.75, 3.05) is 19.6 Å². The van der Waals surface area contributed by atoms with Crippen molar-refractivity contribution in [3.63, 3.8) is 0 Å². The summed E-state index contributed by atoms with van der Waals surface area (Å²) in [6, 6.07) is 10.5. The van der Waals surface area contributed by atoms with Crippen molar-refractivity contribution in [2.24, 2.45) is 0 Å². The average molecular weight is 524 g/mol. The molecule has 38 heavy (non-hydrogen) atoms. The first kappa shape index (κ1) is 27.8. The standard InChI is InChI=1S/C26H27N4O8/c1-4-29-12-13-30(25(35)24(29)34)26(36)28-22(23(33)27-15-18-8-6-5-7-9-18)19-10-11-20(37-16(2)31)21(14-19)38-17(3)32/h5-11,14,22H,4,12-13,15H2,1-3H3,(H,28,36). The normalized spacial score (nSPS) is 14.0. The van der Waals surface area contributed by atoms with Gasteiger partial charge in [0.05, 0.1) is 6.54 Å². The number of piperazine rings is 1. The third kappa shape index (κ3) is 6.93. The molecule has 1 unspecified atom stereocenters. The molecule has 2 aromatic rings. The summed E-state index contributed by atoms with van der Waals surface area (Å²) in [6.07, 6.45) is 0. The van der Waals surface area contributed by atoms with E-state index >= 15 is 0 Å². The van der Waals surface area contributed by atoms with Crippen LogP contribution in [0.3, 0.4) is 0 Å². The number of hydrogen-bond donors (Lipinski definition) is 1. The predicted octanol–water partition coefficient (Wildman–Crippen LogP) is 1.31. The first-order valence-corrected chi connectivity index (χ1v) is 11.8. The van der Waals surface area contributed by atoms with Crippen molar-refractivity contribution in [3.8, 4) is 11.5 Å². The fourth-order valence-electron chi connectivity index (χ4n) is 3.68. The summed E-state index contributed by atoms with van der Waals surface area (Å²) in [5, 5.41) is 6.53. The van der Waals surface area contributed by atoms with E-state index in [4.69, 9.17) is 9.47 Å². The van der Waals surface area contributed by atoms with Gasteiger partial charge in [0.1, 0.15) is 6.04 Å². The molecule has 0 saturated carbocycles. The van der Waals surface area contributed by atoms with E-state index in [1.165, 1.54) is 23.1 Å². The molecule has 0 aromatic heterocycles. The molecule has 12 heteroatoms. The third-order valence-corrected chi connectivity index (χ3v) is 5.52. The smallest absolute Gasteiger partial charge is 0.325 e. The quantitative estimate of drug-likeness (QED) is 0.309. The number of nitrogens with zero attached hydrogens (tertiary/aromatic N) is 3. The number of nitrogens with one attached hydrogen (secondary N) is 1. The molecule has 199 valence electrons. The zero-order valence-corrected chi connectivity index (χ0v) is 21.1. The zero-order chi connectivity index (χ0) is 27.8. The van der Waals surface area contributed by atoms with Crippen LogP contribution in [0.25, 0.3) is 0 Å². The molecule has 0 aliphatic carbocycles. The second kappa shape index (κ2) is 12.5. The summed E-state index contributed by atoms with van der Waals surface area (Å²) >= 11 is 0. The van der Waals surface area contributed by atoms with Crippen molar-refractivity contribution in [1.29, 1.82) is 0 Å². The van der Waals surface area contributed by atoms with Gasteiger partial charge in [0.15, 0.2) is 11.5 Å². The highest BCUT2D eigenvalue weighted by Gasteiger charge is 2.37. The van der Waals surface area contributed by atoms with Gasteiger partial charge in [0, 0.05) is 33.5 Å². The Morgan fingerprint density at radius 2 is 1.58 bits per heavy atom. The molecular formula is C26H27N4O8. The minimum atomic E-state index is -1.42. The zero-order valence-electron chi connectivity index (χ0n) is 21.1. The summed E-state index contributed by atoms with van der Waals surface area (Å²) in [7, 11) is 0. The van der Waals surface area contributed by atoms with Crippen LogP contribution in [-0.4, -0.2) is 65.1 Å². The van der Waals surface area contributed by atoms with Gasteiger partial charge in [-0.1, -0.05) is 36.4 Å². The minimum Gasteiger partial charge on any atom is -0.423 e. The number of benzene rings is 2. The van der Waals surface area contributed by atoms with Crippen molar-refractivity contribution in [2.45, 2.75) is 33.4 Å². The van der Waals surface area contributed by atoms with Crippen LogP contribution < -0.4 is 20.1 Å². The highest BCUT2D eigenvalue weighted by Crippen LogP contribution is 2.31. The van der Waals surface area contributed by atoms with Gasteiger partial charge in [-0.25, -0.2) is 10.1 Å². The number of rotatable bonds is 8. The fourth-order valence-corrected chi connectivity index (χ4v) is 3.68. The molecule has 1 saturated heterocycles. The highest BCUT2D eigenvalue weighted by atomic mass is 16.6. The molecule has 1 atom stereocenters.